The van der Waals surface area contributed by atoms with Gasteiger partial charge < -0.3 is 10.2 Å². The number of halogens is 1. The van der Waals surface area contributed by atoms with Crippen molar-refractivity contribution in [3.63, 3.8) is 0 Å². The number of phenolic OH excluding ortho intramolecular Hbond substituents is 1. The van der Waals surface area contributed by atoms with Crippen molar-refractivity contribution in [1.82, 2.24) is 0 Å². The molecule has 1 aromatic carbocycles. The fraction of sp³-hybridized carbons (Fsp3) is 0.300. The maximum Gasteiger partial charge on any atom is 0.310 e. The van der Waals surface area contributed by atoms with Gasteiger partial charge in [-0.1, -0.05) is 15.9 Å². The normalized spacial score (nSPS) is 12.5. The van der Waals surface area contributed by atoms with E-state index in [9.17, 15) is 9.90 Å². The summed E-state index contributed by atoms with van der Waals surface area (Å²) < 4.78 is 0.804. The summed E-state index contributed by atoms with van der Waals surface area (Å²) in [5.41, 5.74) is 1.30. The standard InChI is InChI=1S/C10H11BrO3/c1-5-3-9(12)7(4-8(5)11)6(2)10(13)14/h3-4,6,12H,1-2H3,(H,13,14). The minimum absolute atomic E-state index is 0.0283. The van der Waals surface area contributed by atoms with Crippen LogP contribution >= 0.6 is 15.9 Å². The molecule has 0 saturated heterocycles. The number of benzene rings is 1. The highest BCUT2D eigenvalue weighted by Gasteiger charge is 2.18. The largest absolute Gasteiger partial charge is 0.508 e. The summed E-state index contributed by atoms with van der Waals surface area (Å²) in [4.78, 5) is 10.7. The first-order chi connectivity index (χ1) is 6.43. The van der Waals surface area contributed by atoms with Gasteiger partial charge in [0, 0.05) is 10.0 Å². The summed E-state index contributed by atoms with van der Waals surface area (Å²) >= 11 is 3.29. The van der Waals surface area contributed by atoms with Gasteiger partial charge in [0.05, 0.1) is 5.92 Å². The van der Waals surface area contributed by atoms with Gasteiger partial charge in [-0.2, -0.15) is 0 Å². The molecule has 14 heavy (non-hydrogen) atoms. The first kappa shape index (κ1) is 11.0. The zero-order valence-electron chi connectivity index (χ0n) is 7.91. The molecule has 0 spiro atoms. The second kappa shape index (κ2) is 4.00. The Morgan fingerprint density at radius 3 is 2.57 bits per heavy atom. The van der Waals surface area contributed by atoms with Gasteiger partial charge in [-0.25, -0.2) is 0 Å². The Morgan fingerprint density at radius 2 is 2.07 bits per heavy atom. The highest BCUT2D eigenvalue weighted by atomic mass is 79.9. The van der Waals surface area contributed by atoms with Crippen molar-refractivity contribution in [2.75, 3.05) is 0 Å². The van der Waals surface area contributed by atoms with E-state index < -0.39 is 11.9 Å². The predicted octanol–water partition coefficient (Wildman–Crippen LogP) is 2.65. The maximum atomic E-state index is 10.7. The van der Waals surface area contributed by atoms with Gasteiger partial charge in [0.15, 0.2) is 0 Å². The summed E-state index contributed by atoms with van der Waals surface area (Å²) in [5.74, 6) is -1.62. The number of aryl methyl sites for hydroxylation is 1. The number of rotatable bonds is 2. The average Bonchev–Trinajstić information content (AvgIpc) is 2.10. The number of phenols is 1. The number of aromatic hydroxyl groups is 1. The third-order valence-corrected chi connectivity index (χ3v) is 3.00. The number of carbonyl (C=O) groups is 1. The van der Waals surface area contributed by atoms with E-state index in [1.54, 1.807) is 19.1 Å². The Balaban J connectivity index is 3.22. The number of carboxylic acid groups (broad SMARTS) is 1. The van der Waals surface area contributed by atoms with Gasteiger partial charge in [-0.3, -0.25) is 4.79 Å². The lowest BCUT2D eigenvalue weighted by atomic mass is 9.99. The molecule has 76 valence electrons. The molecular weight excluding hydrogens is 248 g/mol. The lowest BCUT2D eigenvalue weighted by molar-refractivity contribution is -0.138. The number of carboxylic acids is 1. The van der Waals surface area contributed by atoms with Crippen LogP contribution in [0.15, 0.2) is 16.6 Å². The molecule has 4 heteroatoms. The van der Waals surface area contributed by atoms with Crippen LogP contribution in [0.2, 0.25) is 0 Å². The number of aliphatic carboxylic acids is 1. The Bertz CT molecular complexity index is 374. The molecular formula is C10H11BrO3. The first-order valence-corrected chi connectivity index (χ1v) is 4.94. The monoisotopic (exact) mass is 258 g/mol. The lowest BCUT2D eigenvalue weighted by Crippen LogP contribution is -2.07. The quantitative estimate of drug-likeness (QED) is 0.858. The number of hydrogen-bond donors (Lipinski definition) is 2. The minimum Gasteiger partial charge on any atom is -0.508 e. The molecule has 0 aromatic heterocycles. The van der Waals surface area contributed by atoms with E-state index in [1.165, 1.54) is 0 Å². The molecule has 3 nitrogen and oxygen atoms in total. The highest BCUT2D eigenvalue weighted by molar-refractivity contribution is 9.10. The summed E-state index contributed by atoms with van der Waals surface area (Å²) in [7, 11) is 0. The minimum atomic E-state index is -0.948. The van der Waals surface area contributed by atoms with Crippen molar-refractivity contribution in [3.8, 4) is 5.75 Å². The summed E-state index contributed by atoms with van der Waals surface area (Å²) in [6, 6.07) is 3.20. The zero-order valence-corrected chi connectivity index (χ0v) is 9.50. The van der Waals surface area contributed by atoms with Crippen LogP contribution in [0.1, 0.15) is 24.0 Å². The van der Waals surface area contributed by atoms with Crippen molar-refractivity contribution in [1.29, 1.82) is 0 Å². The van der Waals surface area contributed by atoms with E-state index in [4.69, 9.17) is 5.11 Å². The molecule has 0 amide bonds. The molecule has 0 heterocycles. The van der Waals surface area contributed by atoms with Gasteiger partial charge in [0.1, 0.15) is 5.75 Å². The van der Waals surface area contributed by atoms with E-state index in [0.29, 0.717) is 5.56 Å². The first-order valence-electron chi connectivity index (χ1n) is 4.15. The van der Waals surface area contributed by atoms with E-state index in [-0.39, 0.29) is 5.75 Å². The van der Waals surface area contributed by atoms with Gasteiger partial charge >= 0.3 is 5.97 Å². The van der Waals surface area contributed by atoms with Crippen LogP contribution in [0.3, 0.4) is 0 Å². The molecule has 0 radical (unpaired) electrons. The lowest BCUT2D eigenvalue weighted by Gasteiger charge is -2.10. The second-order valence-corrected chi connectivity index (χ2v) is 4.07. The molecule has 1 aromatic rings. The Labute approximate surface area is 90.5 Å². The molecule has 1 unspecified atom stereocenters. The van der Waals surface area contributed by atoms with Crippen LogP contribution in [-0.4, -0.2) is 16.2 Å². The molecule has 1 rings (SSSR count). The van der Waals surface area contributed by atoms with E-state index >= 15 is 0 Å². The van der Waals surface area contributed by atoms with Crippen LogP contribution in [0.4, 0.5) is 0 Å². The topological polar surface area (TPSA) is 57.5 Å². The van der Waals surface area contributed by atoms with Crippen molar-refractivity contribution in [2.24, 2.45) is 0 Å². The molecule has 0 bridgehead atoms. The smallest absolute Gasteiger partial charge is 0.310 e. The van der Waals surface area contributed by atoms with Gasteiger partial charge in [0.2, 0.25) is 0 Å². The third kappa shape index (κ3) is 2.07. The summed E-state index contributed by atoms with van der Waals surface area (Å²) in [6.45, 7) is 3.37. The molecule has 1 atom stereocenters. The Kier molecular flexibility index (Phi) is 3.16. The third-order valence-electron chi connectivity index (χ3n) is 2.14. The van der Waals surface area contributed by atoms with E-state index in [1.807, 2.05) is 6.92 Å². The van der Waals surface area contributed by atoms with Gasteiger partial charge in [-0.15, -0.1) is 0 Å². The maximum absolute atomic E-state index is 10.7. The van der Waals surface area contributed by atoms with Crippen LogP contribution in [0.5, 0.6) is 5.75 Å². The van der Waals surface area contributed by atoms with Gasteiger partial charge in [-0.05, 0) is 31.5 Å². The van der Waals surface area contributed by atoms with Crippen molar-refractivity contribution in [2.45, 2.75) is 19.8 Å². The van der Waals surface area contributed by atoms with Gasteiger partial charge in [0.25, 0.3) is 0 Å². The second-order valence-electron chi connectivity index (χ2n) is 3.22. The highest BCUT2D eigenvalue weighted by Crippen LogP contribution is 2.31. The molecule has 0 aliphatic rings. The van der Waals surface area contributed by atoms with Crippen LogP contribution < -0.4 is 0 Å². The van der Waals surface area contributed by atoms with E-state index in [2.05, 4.69) is 15.9 Å². The molecule has 0 aliphatic carbocycles. The summed E-state index contributed by atoms with van der Waals surface area (Å²) in [6.07, 6.45) is 0. The van der Waals surface area contributed by atoms with Crippen LogP contribution in [0.25, 0.3) is 0 Å². The zero-order chi connectivity index (χ0) is 10.9. The Hall–Kier alpha value is -1.03. The molecule has 2 N–H and O–H groups in total. The molecule has 0 fully saturated rings. The average molecular weight is 259 g/mol. The van der Waals surface area contributed by atoms with Crippen molar-refractivity contribution < 1.29 is 15.0 Å². The number of hydrogen-bond acceptors (Lipinski definition) is 2. The van der Waals surface area contributed by atoms with Crippen LogP contribution in [-0.2, 0) is 4.79 Å². The van der Waals surface area contributed by atoms with Crippen molar-refractivity contribution in [3.05, 3.63) is 27.7 Å². The van der Waals surface area contributed by atoms with Crippen LogP contribution in [0, 0.1) is 6.92 Å². The summed E-state index contributed by atoms with van der Waals surface area (Å²) in [5, 5.41) is 18.3. The van der Waals surface area contributed by atoms with E-state index in [0.717, 1.165) is 10.0 Å². The molecule has 0 saturated carbocycles. The SMILES string of the molecule is Cc1cc(O)c(C(C)C(=O)O)cc1Br. The molecule has 0 aliphatic heterocycles. The predicted molar refractivity (Wildman–Crippen MR) is 56.6 cm³/mol. The fourth-order valence-corrected chi connectivity index (χ4v) is 1.52. The Morgan fingerprint density at radius 1 is 1.50 bits per heavy atom. The van der Waals surface area contributed by atoms with Crippen molar-refractivity contribution >= 4 is 21.9 Å². The fourth-order valence-electron chi connectivity index (χ4n) is 1.16.